The minimum Gasteiger partial charge on any atom is -0.306 e. The normalized spacial score (nSPS) is 12.4. The molecule has 0 aromatic heterocycles. The number of halogens is 1. The van der Waals surface area contributed by atoms with Crippen LogP contribution in [-0.4, -0.2) is 0 Å². The molecule has 0 bridgehead atoms. The van der Waals surface area contributed by atoms with Gasteiger partial charge in [-0.3, -0.25) is 0 Å². The van der Waals surface area contributed by atoms with Crippen LogP contribution in [0.5, 0.6) is 0 Å². The highest BCUT2D eigenvalue weighted by Gasteiger charge is 2.06. The van der Waals surface area contributed by atoms with Crippen LogP contribution in [0, 0.1) is 19.7 Å². The molecule has 1 atom stereocenters. The van der Waals surface area contributed by atoms with Crippen LogP contribution >= 0.6 is 0 Å². The summed E-state index contributed by atoms with van der Waals surface area (Å²) in [7, 11) is 0. The molecule has 0 aliphatic heterocycles. The minimum atomic E-state index is -0.190. The summed E-state index contributed by atoms with van der Waals surface area (Å²) in [5, 5.41) is 3.47. The minimum absolute atomic E-state index is 0.190. The molecule has 0 amide bonds. The fourth-order valence-corrected chi connectivity index (χ4v) is 2.18. The van der Waals surface area contributed by atoms with Crippen LogP contribution in [0.3, 0.4) is 0 Å². The maximum atomic E-state index is 12.9. The fraction of sp³-hybridized carbons (Fsp3) is 0.294. The van der Waals surface area contributed by atoms with Gasteiger partial charge in [-0.25, -0.2) is 4.39 Å². The van der Waals surface area contributed by atoms with Crippen LogP contribution in [0.1, 0.15) is 35.2 Å². The summed E-state index contributed by atoms with van der Waals surface area (Å²) < 4.78 is 12.9. The van der Waals surface area contributed by atoms with Crippen molar-refractivity contribution in [2.24, 2.45) is 0 Å². The van der Waals surface area contributed by atoms with E-state index < -0.39 is 0 Å². The van der Waals surface area contributed by atoms with Gasteiger partial charge in [0.05, 0.1) is 0 Å². The summed E-state index contributed by atoms with van der Waals surface area (Å²) in [4.78, 5) is 0. The van der Waals surface area contributed by atoms with Crippen LogP contribution in [0.4, 0.5) is 4.39 Å². The molecule has 0 saturated carbocycles. The highest BCUT2D eigenvalue weighted by Crippen LogP contribution is 2.15. The van der Waals surface area contributed by atoms with E-state index in [1.165, 1.54) is 28.8 Å². The summed E-state index contributed by atoms with van der Waals surface area (Å²) in [6.45, 7) is 7.15. The van der Waals surface area contributed by atoms with E-state index in [9.17, 15) is 4.39 Å². The zero-order valence-electron chi connectivity index (χ0n) is 11.7. The molecular formula is C17H20FN. The quantitative estimate of drug-likeness (QED) is 0.861. The van der Waals surface area contributed by atoms with Crippen molar-refractivity contribution in [1.29, 1.82) is 0 Å². The lowest BCUT2D eigenvalue weighted by Crippen LogP contribution is -2.18. The molecular weight excluding hydrogens is 237 g/mol. The highest BCUT2D eigenvalue weighted by molar-refractivity contribution is 5.30. The number of hydrogen-bond acceptors (Lipinski definition) is 1. The highest BCUT2D eigenvalue weighted by atomic mass is 19.1. The van der Waals surface area contributed by atoms with Crippen molar-refractivity contribution >= 4 is 0 Å². The van der Waals surface area contributed by atoms with Gasteiger partial charge in [0.15, 0.2) is 0 Å². The maximum Gasteiger partial charge on any atom is 0.123 e. The van der Waals surface area contributed by atoms with Crippen LogP contribution < -0.4 is 5.32 Å². The van der Waals surface area contributed by atoms with E-state index in [0.717, 1.165) is 12.1 Å². The Morgan fingerprint density at radius 3 is 2.37 bits per heavy atom. The number of nitrogens with one attached hydrogen (secondary N) is 1. The molecule has 1 nitrogen and oxygen atoms in total. The van der Waals surface area contributed by atoms with Crippen molar-refractivity contribution < 1.29 is 4.39 Å². The fourth-order valence-electron chi connectivity index (χ4n) is 2.18. The lowest BCUT2D eigenvalue weighted by atomic mass is 10.0. The molecule has 0 heterocycles. The third-order valence-corrected chi connectivity index (χ3v) is 3.47. The Morgan fingerprint density at radius 1 is 1.05 bits per heavy atom. The van der Waals surface area contributed by atoms with E-state index in [0.29, 0.717) is 0 Å². The number of rotatable bonds is 4. The monoisotopic (exact) mass is 257 g/mol. The van der Waals surface area contributed by atoms with Crippen molar-refractivity contribution in [2.45, 2.75) is 33.4 Å². The molecule has 0 unspecified atom stereocenters. The van der Waals surface area contributed by atoms with Gasteiger partial charge in [0.2, 0.25) is 0 Å². The van der Waals surface area contributed by atoms with E-state index in [1.54, 1.807) is 0 Å². The molecule has 19 heavy (non-hydrogen) atoms. The van der Waals surface area contributed by atoms with Gasteiger partial charge in [-0.1, -0.05) is 35.9 Å². The first-order valence-corrected chi connectivity index (χ1v) is 6.61. The molecule has 1 N–H and O–H groups in total. The molecule has 0 saturated heterocycles. The van der Waals surface area contributed by atoms with Gasteiger partial charge in [-0.05, 0) is 49.6 Å². The second-order valence-electron chi connectivity index (χ2n) is 5.08. The second-order valence-corrected chi connectivity index (χ2v) is 5.08. The topological polar surface area (TPSA) is 12.0 Å². The molecule has 2 aromatic carbocycles. The molecule has 0 aliphatic carbocycles. The van der Waals surface area contributed by atoms with Gasteiger partial charge in [-0.15, -0.1) is 0 Å². The Hall–Kier alpha value is -1.67. The van der Waals surface area contributed by atoms with Crippen LogP contribution in [-0.2, 0) is 6.54 Å². The first-order chi connectivity index (χ1) is 9.06. The lowest BCUT2D eigenvalue weighted by Gasteiger charge is -2.15. The number of aryl methyl sites for hydroxylation is 2. The Bertz CT molecular complexity index is 546. The van der Waals surface area contributed by atoms with E-state index >= 15 is 0 Å². The van der Waals surface area contributed by atoms with Gasteiger partial charge < -0.3 is 5.32 Å². The van der Waals surface area contributed by atoms with Gasteiger partial charge >= 0.3 is 0 Å². The smallest absolute Gasteiger partial charge is 0.123 e. The van der Waals surface area contributed by atoms with Gasteiger partial charge in [0.25, 0.3) is 0 Å². The number of benzene rings is 2. The van der Waals surface area contributed by atoms with Crippen LogP contribution in [0.15, 0.2) is 42.5 Å². The van der Waals surface area contributed by atoms with Crippen molar-refractivity contribution in [1.82, 2.24) is 5.32 Å². The molecule has 0 aliphatic rings. The van der Waals surface area contributed by atoms with Crippen molar-refractivity contribution in [2.75, 3.05) is 0 Å². The Labute approximate surface area is 114 Å². The standard InChI is InChI=1S/C17H20FN/c1-12-4-5-16(13(2)10-12)11-19-14(3)15-6-8-17(18)9-7-15/h4-10,14,19H,11H2,1-3H3/t14-/m1/s1. The van der Waals surface area contributed by atoms with Crippen molar-refractivity contribution in [3.8, 4) is 0 Å². The van der Waals surface area contributed by atoms with Gasteiger partial charge in [0, 0.05) is 12.6 Å². The summed E-state index contributed by atoms with van der Waals surface area (Å²) in [6, 6.07) is 13.4. The van der Waals surface area contributed by atoms with Gasteiger partial charge in [0.1, 0.15) is 5.82 Å². The van der Waals surface area contributed by atoms with E-state index in [2.05, 4.69) is 44.3 Å². The third kappa shape index (κ3) is 3.65. The molecule has 0 fully saturated rings. The zero-order valence-corrected chi connectivity index (χ0v) is 11.7. The average molecular weight is 257 g/mol. The van der Waals surface area contributed by atoms with E-state index in [-0.39, 0.29) is 11.9 Å². The average Bonchev–Trinajstić information content (AvgIpc) is 2.38. The molecule has 100 valence electrons. The molecule has 0 spiro atoms. The predicted molar refractivity (Wildman–Crippen MR) is 77.6 cm³/mol. The molecule has 2 heteroatoms. The Balaban J connectivity index is 2.00. The summed E-state index contributed by atoms with van der Waals surface area (Å²) in [6.07, 6.45) is 0. The number of hydrogen-bond donors (Lipinski definition) is 1. The second kappa shape index (κ2) is 5.98. The first kappa shape index (κ1) is 13.8. The van der Waals surface area contributed by atoms with E-state index in [4.69, 9.17) is 0 Å². The van der Waals surface area contributed by atoms with E-state index in [1.807, 2.05) is 12.1 Å². The first-order valence-electron chi connectivity index (χ1n) is 6.61. The van der Waals surface area contributed by atoms with Gasteiger partial charge in [-0.2, -0.15) is 0 Å². The van der Waals surface area contributed by atoms with Crippen molar-refractivity contribution in [3.05, 3.63) is 70.5 Å². The molecule has 2 aromatic rings. The summed E-state index contributed by atoms with van der Waals surface area (Å²) in [5.41, 5.74) is 5.00. The predicted octanol–water partition coefficient (Wildman–Crippen LogP) is 4.29. The maximum absolute atomic E-state index is 12.9. The molecule has 2 rings (SSSR count). The SMILES string of the molecule is Cc1ccc(CN[C@H](C)c2ccc(F)cc2)c(C)c1. The Morgan fingerprint density at radius 2 is 1.74 bits per heavy atom. The Kier molecular flexibility index (Phi) is 4.33. The third-order valence-electron chi connectivity index (χ3n) is 3.47. The summed E-state index contributed by atoms with van der Waals surface area (Å²) >= 11 is 0. The summed E-state index contributed by atoms with van der Waals surface area (Å²) in [5.74, 6) is -0.190. The van der Waals surface area contributed by atoms with Crippen LogP contribution in [0.25, 0.3) is 0 Å². The van der Waals surface area contributed by atoms with Crippen molar-refractivity contribution in [3.63, 3.8) is 0 Å². The molecule has 0 radical (unpaired) electrons. The zero-order chi connectivity index (χ0) is 13.8. The van der Waals surface area contributed by atoms with Crippen LogP contribution in [0.2, 0.25) is 0 Å². The lowest BCUT2D eigenvalue weighted by molar-refractivity contribution is 0.570. The largest absolute Gasteiger partial charge is 0.306 e.